The lowest BCUT2D eigenvalue weighted by Gasteiger charge is -2.18. The molecule has 0 aromatic heterocycles. The van der Waals surface area contributed by atoms with Gasteiger partial charge in [-0.05, 0) is 18.9 Å². The number of hydrogen-bond acceptors (Lipinski definition) is 3. The molecule has 0 radical (unpaired) electrons. The number of aliphatic hydroxyl groups excluding tert-OH is 1. The summed E-state index contributed by atoms with van der Waals surface area (Å²) in [4.78, 5) is 0. The fraction of sp³-hybridized carbons (Fsp3) is 0.538. The Labute approximate surface area is 96.0 Å². The lowest BCUT2D eigenvalue weighted by Crippen LogP contribution is -2.12. The van der Waals surface area contributed by atoms with Crippen molar-refractivity contribution in [2.75, 3.05) is 14.2 Å². The van der Waals surface area contributed by atoms with Gasteiger partial charge in [-0.25, -0.2) is 0 Å². The van der Waals surface area contributed by atoms with Crippen molar-refractivity contribution < 1.29 is 14.6 Å². The van der Waals surface area contributed by atoms with Crippen molar-refractivity contribution in [3.8, 4) is 11.5 Å². The van der Waals surface area contributed by atoms with Gasteiger partial charge in [-0.2, -0.15) is 0 Å². The second-order valence-electron chi connectivity index (χ2n) is 4.21. The molecule has 2 atom stereocenters. The van der Waals surface area contributed by atoms with Crippen LogP contribution in [0.5, 0.6) is 11.5 Å². The van der Waals surface area contributed by atoms with Crippen LogP contribution in [0, 0.1) is 0 Å². The molecule has 0 saturated heterocycles. The summed E-state index contributed by atoms with van der Waals surface area (Å²) in [7, 11) is 3.29. The van der Waals surface area contributed by atoms with Crippen LogP contribution in [0.15, 0.2) is 18.2 Å². The van der Waals surface area contributed by atoms with Gasteiger partial charge in [0.05, 0.1) is 20.3 Å². The molecule has 0 spiro atoms. The molecule has 1 fully saturated rings. The second kappa shape index (κ2) is 4.74. The number of methoxy groups -OCH3 is 2. The van der Waals surface area contributed by atoms with Crippen molar-refractivity contribution in [1.82, 2.24) is 0 Å². The Morgan fingerprint density at radius 2 is 2.00 bits per heavy atom. The summed E-state index contributed by atoms with van der Waals surface area (Å²) in [5, 5.41) is 9.90. The number of aliphatic hydroxyl groups is 1. The first-order valence-corrected chi connectivity index (χ1v) is 5.66. The van der Waals surface area contributed by atoms with E-state index < -0.39 is 0 Å². The molecule has 1 saturated carbocycles. The average Bonchev–Trinajstić information content (AvgIpc) is 2.74. The van der Waals surface area contributed by atoms with E-state index in [1.165, 1.54) is 0 Å². The van der Waals surface area contributed by atoms with E-state index in [9.17, 15) is 5.11 Å². The third-order valence-corrected chi connectivity index (χ3v) is 3.32. The summed E-state index contributed by atoms with van der Waals surface area (Å²) in [5.74, 6) is 1.80. The van der Waals surface area contributed by atoms with Crippen LogP contribution in [-0.4, -0.2) is 25.4 Å². The van der Waals surface area contributed by atoms with Crippen molar-refractivity contribution in [1.29, 1.82) is 0 Å². The zero-order valence-electron chi connectivity index (χ0n) is 9.77. The van der Waals surface area contributed by atoms with E-state index in [4.69, 9.17) is 9.47 Å². The van der Waals surface area contributed by atoms with Crippen LogP contribution in [0.1, 0.15) is 30.7 Å². The minimum atomic E-state index is -0.234. The highest BCUT2D eigenvalue weighted by Gasteiger charge is 2.29. The Hall–Kier alpha value is -1.22. The van der Waals surface area contributed by atoms with Gasteiger partial charge in [-0.15, -0.1) is 0 Å². The summed E-state index contributed by atoms with van der Waals surface area (Å²) in [6, 6.07) is 5.79. The van der Waals surface area contributed by atoms with Gasteiger partial charge in [0.25, 0.3) is 0 Å². The molecular formula is C13H18O3. The normalized spacial score (nSPS) is 24.4. The van der Waals surface area contributed by atoms with E-state index in [-0.39, 0.29) is 12.0 Å². The second-order valence-corrected chi connectivity index (χ2v) is 4.21. The zero-order valence-corrected chi connectivity index (χ0v) is 9.77. The molecule has 0 heterocycles. The van der Waals surface area contributed by atoms with Gasteiger partial charge in [0, 0.05) is 17.5 Å². The molecule has 0 aliphatic heterocycles. The molecule has 0 bridgehead atoms. The molecule has 1 aliphatic carbocycles. The van der Waals surface area contributed by atoms with E-state index >= 15 is 0 Å². The van der Waals surface area contributed by atoms with Crippen molar-refractivity contribution >= 4 is 0 Å². The van der Waals surface area contributed by atoms with E-state index in [0.717, 1.165) is 36.3 Å². The first kappa shape index (κ1) is 11.3. The highest BCUT2D eigenvalue weighted by molar-refractivity contribution is 5.43. The summed E-state index contributed by atoms with van der Waals surface area (Å²) in [6.45, 7) is 0. The fourth-order valence-electron chi connectivity index (χ4n) is 2.43. The molecular weight excluding hydrogens is 204 g/mol. The third-order valence-electron chi connectivity index (χ3n) is 3.32. The SMILES string of the molecule is COc1ccc(C2CCCC2O)c(OC)c1. The molecule has 1 aliphatic rings. The monoisotopic (exact) mass is 222 g/mol. The van der Waals surface area contributed by atoms with Gasteiger partial charge in [-0.1, -0.05) is 12.5 Å². The van der Waals surface area contributed by atoms with E-state index in [1.807, 2.05) is 18.2 Å². The summed E-state index contributed by atoms with van der Waals surface area (Å²) < 4.78 is 10.5. The van der Waals surface area contributed by atoms with Crippen molar-refractivity contribution in [2.45, 2.75) is 31.3 Å². The van der Waals surface area contributed by atoms with Gasteiger partial charge < -0.3 is 14.6 Å². The fourth-order valence-corrected chi connectivity index (χ4v) is 2.43. The van der Waals surface area contributed by atoms with Crippen LogP contribution in [0.4, 0.5) is 0 Å². The van der Waals surface area contributed by atoms with E-state index in [2.05, 4.69) is 0 Å². The van der Waals surface area contributed by atoms with Crippen molar-refractivity contribution in [3.63, 3.8) is 0 Å². The standard InChI is InChI=1S/C13H18O3/c1-15-9-6-7-11(13(8-9)16-2)10-4-3-5-12(10)14/h6-8,10,12,14H,3-5H2,1-2H3. The molecule has 3 heteroatoms. The lowest BCUT2D eigenvalue weighted by atomic mass is 9.95. The molecule has 0 amide bonds. The first-order valence-electron chi connectivity index (χ1n) is 5.66. The van der Waals surface area contributed by atoms with Crippen LogP contribution in [-0.2, 0) is 0 Å². The minimum Gasteiger partial charge on any atom is -0.497 e. The van der Waals surface area contributed by atoms with Crippen LogP contribution in [0.3, 0.4) is 0 Å². The molecule has 3 nitrogen and oxygen atoms in total. The minimum absolute atomic E-state index is 0.209. The molecule has 1 aromatic rings. The Morgan fingerprint density at radius 1 is 1.19 bits per heavy atom. The molecule has 1 aromatic carbocycles. The number of rotatable bonds is 3. The Balaban J connectivity index is 2.32. The van der Waals surface area contributed by atoms with Gasteiger partial charge in [-0.3, -0.25) is 0 Å². The molecule has 88 valence electrons. The molecule has 16 heavy (non-hydrogen) atoms. The molecule has 2 rings (SSSR count). The quantitative estimate of drug-likeness (QED) is 0.853. The first-order chi connectivity index (χ1) is 7.76. The number of ether oxygens (including phenoxy) is 2. The largest absolute Gasteiger partial charge is 0.497 e. The van der Waals surface area contributed by atoms with Crippen molar-refractivity contribution in [2.24, 2.45) is 0 Å². The van der Waals surface area contributed by atoms with Gasteiger partial charge in [0.1, 0.15) is 11.5 Å². The van der Waals surface area contributed by atoms with Crippen molar-refractivity contribution in [3.05, 3.63) is 23.8 Å². The molecule has 1 N–H and O–H groups in total. The topological polar surface area (TPSA) is 38.7 Å². The Kier molecular flexibility index (Phi) is 3.34. The summed E-state index contributed by atoms with van der Waals surface area (Å²) in [5.41, 5.74) is 1.09. The van der Waals surface area contributed by atoms with Crippen LogP contribution in [0.2, 0.25) is 0 Å². The Bertz CT molecular complexity index is 362. The summed E-state index contributed by atoms with van der Waals surface area (Å²) in [6.07, 6.45) is 2.77. The number of benzene rings is 1. The zero-order chi connectivity index (χ0) is 11.5. The Morgan fingerprint density at radius 3 is 2.56 bits per heavy atom. The maximum atomic E-state index is 9.90. The van der Waals surface area contributed by atoms with E-state index in [0.29, 0.717) is 0 Å². The lowest BCUT2D eigenvalue weighted by molar-refractivity contribution is 0.162. The van der Waals surface area contributed by atoms with E-state index in [1.54, 1.807) is 14.2 Å². The maximum absolute atomic E-state index is 9.90. The average molecular weight is 222 g/mol. The maximum Gasteiger partial charge on any atom is 0.126 e. The predicted molar refractivity (Wildman–Crippen MR) is 62.1 cm³/mol. The summed E-state index contributed by atoms with van der Waals surface area (Å²) >= 11 is 0. The smallest absolute Gasteiger partial charge is 0.126 e. The van der Waals surface area contributed by atoms with Crippen LogP contribution in [0.25, 0.3) is 0 Å². The highest BCUT2D eigenvalue weighted by Crippen LogP contribution is 2.40. The van der Waals surface area contributed by atoms with Crippen LogP contribution < -0.4 is 9.47 Å². The molecule has 2 unspecified atom stereocenters. The highest BCUT2D eigenvalue weighted by atomic mass is 16.5. The van der Waals surface area contributed by atoms with Gasteiger partial charge in [0.2, 0.25) is 0 Å². The third kappa shape index (κ3) is 2.00. The number of hydrogen-bond donors (Lipinski definition) is 1. The predicted octanol–water partition coefficient (Wildman–Crippen LogP) is 2.33. The van der Waals surface area contributed by atoms with Gasteiger partial charge in [0.15, 0.2) is 0 Å². The van der Waals surface area contributed by atoms with Gasteiger partial charge >= 0.3 is 0 Å². The van der Waals surface area contributed by atoms with Crippen LogP contribution >= 0.6 is 0 Å².